The van der Waals surface area contributed by atoms with E-state index in [0.717, 1.165) is 37.6 Å². The van der Waals surface area contributed by atoms with Crippen LogP contribution in [-0.4, -0.2) is 62.5 Å². The van der Waals surface area contributed by atoms with Gasteiger partial charge in [0.05, 0.1) is 19.3 Å². The molecule has 1 aromatic rings. The number of benzene rings is 1. The standard InChI is InChI=1S/C14H21N3O3/c1-20-13-5-3-2-4-12(13)17-8-6-16(7-9-17)10-14(19)15-11-18/h2-5,18H,6-11H2,1H3,(H,15,19). The normalized spacial score (nSPS) is 16.0. The third kappa shape index (κ3) is 3.61. The Hall–Kier alpha value is -1.79. The Morgan fingerprint density at radius 1 is 1.30 bits per heavy atom. The average molecular weight is 279 g/mol. The van der Waals surface area contributed by atoms with Gasteiger partial charge in [-0.25, -0.2) is 0 Å². The Labute approximate surface area is 118 Å². The molecule has 0 atom stereocenters. The van der Waals surface area contributed by atoms with E-state index < -0.39 is 0 Å². The van der Waals surface area contributed by atoms with E-state index in [1.807, 2.05) is 24.3 Å². The van der Waals surface area contributed by atoms with Crippen LogP contribution < -0.4 is 15.0 Å². The van der Waals surface area contributed by atoms with Crippen LogP contribution in [-0.2, 0) is 4.79 Å². The van der Waals surface area contributed by atoms with Crippen LogP contribution in [0, 0.1) is 0 Å². The Bertz CT molecular complexity index is 445. The highest BCUT2D eigenvalue weighted by atomic mass is 16.5. The first-order valence-corrected chi connectivity index (χ1v) is 6.72. The molecule has 1 saturated heterocycles. The Balaban J connectivity index is 1.89. The van der Waals surface area contributed by atoms with Crippen LogP contribution >= 0.6 is 0 Å². The molecule has 1 fully saturated rings. The van der Waals surface area contributed by atoms with Crippen molar-refractivity contribution < 1.29 is 14.6 Å². The van der Waals surface area contributed by atoms with Crippen LogP contribution in [0.5, 0.6) is 5.75 Å². The van der Waals surface area contributed by atoms with Gasteiger partial charge in [0, 0.05) is 26.2 Å². The molecule has 1 amide bonds. The number of para-hydroxylation sites is 2. The number of piperazine rings is 1. The zero-order chi connectivity index (χ0) is 14.4. The highest BCUT2D eigenvalue weighted by molar-refractivity contribution is 5.77. The summed E-state index contributed by atoms with van der Waals surface area (Å²) in [5.74, 6) is 0.734. The summed E-state index contributed by atoms with van der Waals surface area (Å²) in [5, 5.41) is 11.0. The first-order chi connectivity index (χ1) is 9.74. The molecule has 0 bridgehead atoms. The van der Waals surface area contributed by atoms with E-state index in [0.29, 0.717) is 6.54 Å². The number of nitrogens with one attached hydrogen (secondary N) is 1. The van der Waals surface area contributed by atoms with Crippen molar-refractivity contribution >= 4 is 11.6 Å². The topological polar surface area (TPSA) is 65.0 Å². The maximum atomic E-state index is 11.4. The van der Waals surface area contributed by atoms with E-state index in [1.165, 1.54) is 0 Å². The molecule has 1 aromatic carbocycles. The molecule has 20 heavy (non-hydrogen) atoms. The first-order valence-electron chi connectivity index (χ1n) is 6.72. The minimum Gasteiger partial charge on any atom is -0.495 e. The number of carbonyl (C=O) groups is 1. The third-order valence-electron chi connectivity index (χ3n) is 3.44. The summed E-state index contributed by atoms with van der Waals surface area (Å²) in [7, 11) is 1.67. The molecule has 0 unspecified atom stereocenters. The molecule has 1 heterocycles. The van der Waals surface area contributed by atoms with E-state index in [4.69, 9.17) is 9.84 Å². The second-order valence-corrected chi connectivity index (χ2v) is 4.69. The van der Waals surface area contributed by atoms with Crippen molar-refractivity contribution in [3.05, 3.63) is 24.3 Å². The summed E-state index contributed by atoms with van der Waals surface area (Å²) in [5.41, 5.74) is 1.09. The van der Waals surface area contributed by atoms with Gasteiger partial charge in [0.25, 0.3) is 0 Å². The van der Waals surface area contributed by atoms with Gasteiger partial charge in [0.2, 0.25) is 5.91 Å². The monoisotopic (exact) mass is 279 g/mol. The molecule has 0 spiro atoms. The summed E-state index contributed by atoms with van der Waals surface area (Å²) < 4.78 is 5.37. The molecular weight excluding hydrogens is 258 g/mol. The number of hydrogen-bond donors (Lipinski definition) is 2. The van der Waals surface area contributed by atoms with Crippen molar-refractivity contribution in [2.24, 2.45) is 0 Å². The van der Waals surface area contributed by atoms with E-state index in [-0.39, 0.29) is 12.6 Å². The number of anilines is 1. The second-order valence-electron chi connectivity index (χ2n) is 4.69. The van der Waals surface area contributed by atoms with Crippen LogP contribution in [0.2, 0.25) is 0 Å². The zero-order valence-corrected chi connectivity index (χ0v) is 11.7. The third-order valence-corrected chi connectivity index (χ3v) is 3.44. The Morgan fingerprint density at radius 2 is 2.00 bits per heavy atom. The molecule has 1 aliphatic rings. The molecule has 0 aliphatic carbocycles. The van der Waals surface area contributed by atoms with Crippen LogP contribution in [0.1, 0.15) is 0 Å². The van der Waals surface area contributed by atoms with Crippen LogP contribution in [0.25, 0.3) is 0 Å². The largest absolute Gasteiger partial charge is 0.495 e. The molecule has 6 heteroatoms. The molecule has 1 aliphatic heterocycles. The SMILES string of the molecule is COc1ccccc1N1CCN(CC(=O)NCO)CC1. The number of aliphatic hydroxyl groups is 1. The number of nitrogens with zero attached hydrogens (tertiary/aromatic N) is 2. The smallest absolute Gasteiger partial charge is 0.235 e. The van der Waals surface area contributed by atoms with Crippen molar-refractivity contribution in [2.45, 2.75) is 0 Å². The van der Waals surface area contributed by atoms with Crippen molar-refractivity contribution in [3.63, 3.8) is 0 Å². The molecule has 0 radical (unpaired) electrons. The average Bonchev–Trinajstić information content (AvgIpc) is 2.48. The van der Waals surface area contributed by atoms with E-state index in [1.54, 1.807) is 7.11 Å². The molecule has 6 nitrogen and oxygen atoms in total. The number of rotatable bonds is 5. The molecule has 0 aromatic heterocycles. The fourth-order valence-electron chi connectivity index (χ4n) is 2.39. The maximum Gasteiger partial charge on any atom is 0.235 e. The van der Waals surface area contributed by atoms with Gasteiger partial charge >= 0.3 is 0 Å². The summed E-state index contributed by atoms with van der Waals surface area (Å²) in [6, 6.07) is 7.96. The number of methoxy groups -OCH3 is 1. The number of amides is 1. The first kappa shape index (κ1) is 14.6. The van der Waals surface area contributed by atoms with E-state index in [2.05, 4.69) is 15.1 Å². The summed E-state index contributed by atoms with van der Waals surface area (Å²) in [6.07, 6.45) is 0. The summed E-state index contributed by atoms with van der Waals surface area (Å²) in [4.78, 5) is 15.8. The van der Waals surface area contributed by atoms with Crippen LogP contribution in [0.15, 0.2) is 24.3 Å². The minimum absolute atomic E-state index is 0.141. The quantitative estimate of drug-likeness (QED) is 0.736. The van der Waals surface area contributed by atoms with Crippen LogP contribution in [0.4, 0.5) is 5.69 Å². The number of carbonyl (C=O) groups excluding carboxylic acids is 1. The Morgan fingerprint density at radius 3 is 2.65 bits per heavy atom. The maximum absolute atomic E-state index is 11.4. The fraction of sp³-hybridized carbons (Fsp3) is 0.500. The van der Waals surface area contributed by atoms with Gasteiger partial charge in [0.1, 0.15) is 12.5 Å². The Kier molecular flexibility index (Phi) is 5.20. The fourth-order valence-corrected chi connectivity index (χ4v) is 2.39. The van der Waals surface area contributed by atoms with E-state index in [9.17, 15) is 4.79 Å². The highest BCUT2D eigenvalue weighted by Crippen LogP contribution is 2.28. The number of ether oxygens (including phenoxy) is 1. The van der Waals surface area contributed by atoms with Crippen molar-refractivity contribution in [3.8, 4) is 5.75 Å². The minimum atomic E-state index is -0.306. The van der Waals surface area contributed by atoms with Crippen LogP contribution in [0.3, 0.4) is 0 Å². The predicted molar refractivity (Wildman–Crippen MR) is 76.9 cm³/mol. The van der Waals surface area contributed by atoms with Gasteiger partial charge in [0.15, 0.2) is 0 Å². The molecule has 2 N–H and O–H groups in total. The lowest BCUT2D eigenvalue weighted by Crippen LogP contribution is -2.49. The van der Waals surface area contributed by atoms with Crippen molar-refractivity contribution in [1.82, 2.24) is 10.2 Å². The predicted octanol–water partition coefficient (Wildman–Crippen LogP) is -0.117. The second kappa shape index (κ2) is 7.12. The lowest BCUT2D eigenvalue weighted by molar-refractivity contribution is -0.123. The van der Waals surface area contributed by atoms with Gasteiger partial charge in [-0.2, -0.15) is 0 Å². The zero-order valence-electron chi connectivity index (χ0n) is 11.7. The van der Waals surface area contributed by atoms with Gasteiger partial charge in [-0.15, -0.1) is 0 Å². The van der Waals surface area contributed by atoms with E-state index >= 15 is 0 Å². The van der Waals surface area contributed by atoms with Gasteiger partial charge < -0.3 is 20.1 Å². The van der Waals surface area contributed by atoms with Gasteiger partial charge in [-0.1, -0.05) is 12.1 Å². The summed E-state index contributed by atoms with van der Waals surface area (Å²) >= 11 is 0. The molecule has 2 rings (SSSR count). The number of hydrogen-bond acceptors (Lipinski definition) is 5. The van der Waals surface area contributed by atoms with Gasteiger partial charge in [-0.3, -0.25) is 9.69 Å². The molecular formula is C14H21N3O3. The lowest BCUT2D eigenvalue weighted by atomic mass is 10.2. The molecule has 0 saturated carbocycles. The van der Waals surface area contributed by atoms with Crippen molar-refractivity contribution in [1.29, 1.82) is 0 Å². The number of aliphatic hydroxyl groups excluding tert-OH is 1. The molecule has 110 valence electrons. The highest BCUT2D eigenvalue weighted by Gasteiger charge is 2.20. The lowest BCUT2D eigenvalue weighted by Gasteiger charge is -2.36. The van der Waals surface area contributed by atoms with Crippen molar-refractivity contribution in [2.75, 3.05) is 51.5 Å². The summed E-state index contributed by atoms with van der Waals surface area (Å²) in [6.45, 7) is 3.37. The van der Waals surface area contributed by atoms with Gasteiger partial charge in [-0.05, 0) is 12.1 Å².